The van der Waals surface area contributed by atoms with Crippen LogP contribution in [-0.2, 0) is 0 Å². The van der Waals surface area contributed by atoms with Crippen LogP contribution in [0.5, 0.6) is 0 Å². The van der Waals surface area contributed by atoms with Gasteiger partial charge in [-0.25, -0.2) is 4.68 Å². The van der Waals surface area contributed by atoms with Crippen molar-refractivity contribution in [3.8, 4) is 5.69 Å². The molecule has 3 rings (SSSR count). The molecule has 1 aliphatic rings. The molecule has 1 aromatic carbocycles. The molecular weight excluding hydrogens is 254 g/mol. The highest BCUT2D eigenvalue weighted by Crippen LogP contribution is 2.21. The zero-order valence-corrected chi connectivity index (χ0v) is 11.4. The van der Waals surface area contributed by atoms with Crippen molar-refractivity contribution in [3.05, 3.63) is 48.3 Å². The van der Waals surface area contributed by atoms with Gasteiger partial charge in [-0.1, -0.05) is 18.2 Å². The number of para-hydroxylation sites is 1. The van der Waals surface area contributed by atoms with Gasteiger partial charge in [0, 0.05) is 19.3 Å². The lowest BCUT2D eigenvalue weighted by molar-refractivity contribution is 0.0569. The van der Waals surface area contributed by atoms with Gasteiger partial charge < -0.3 is 10.0 Å². The molecule has 1 aliphatic heterocycles. The molecule has 104 valence electrons. The van der Waals surface area contributed by atoms with E-state index in [0.29, 0.717) is 25.2 Å². The van der Waals surface area contributed by atoms with E-state index in [0.717, 1.165) is 5.69 Å². The van der Waals surface area contributed by atoms with Crippen LogP contribution >= 0.6 is 0 Å². The number of β-amino-alcohol motifs (C(OH)–C–C–N with tert-alkyl or cyclic N) is 1. The van der Waals surface area contributed by atoms with Gasteiger partial charge in [0.1, 0.15) is 0 Å². The third kappa shape index (κ3) is 2.44. The number of amides is 1. The van der Waals surface area contributed by atoms with Crippen molar-refractivity contribution in [1.29, 1.82) is 0 Å². The first-order valence-corrected chi connectivity index (χ1v) is 6.68. The summed E-state index contributed by atoms with van der Waals surface area (Å²) in [6.07, 6.45) is 2.38. The second-order valence-electron chi connectivity index (χ2n) is 5.45. The van der Waals surface area contributed by atoms with E-state index in [1.54, 1.807) is 28.8 Å². The molecule has 0 aliphatic carbocycles. The van der Waals surface area contributed by atoms with Gasteiger partial charge in [-0.05, 0) is 31.5 Å². The standard InChI is InChI=1S/C15H17N3O2/c1-15(20)8-10-17(11-15)14(19)13-7-9-18(16-13)12-5-3-2-4-6-12/h2-7,9,20H,8,10-11H2,1H3. The minimum Gasteiger partial charge on any atom is -0.388 e. The Labute approximate surface area is 117 Å². The summed E-state index contributed by atoms with van der Waals surface area (Å²) < 4.78 is 1.68. The van der Waals surface area contributed by atoms with Gasteiger partial charge in [-0.3, -0.25) is 4.79 Å². The predicted octanol–water partition coefficient (Wildman–Crippen LogP) is 1.47. The first-order chi connectivity index (χ1) is 9.55. The minimum absolute atomic E-state index is 0.127. The van der Waals surface area contributed by atoms with Crippen molar-refractivity contribution in [2.75, 3.05) is 13.1 Å². The lowest BCUT2D eigenvalue weighted by Crippen LogP contribution is -2.34. The van der Waals surface area contributed by atoms with Crippen molar-refractivity contribution in [2.24, 2.45) is 0 Å². The molecule has 0 spiro atoms. The number of carbonyl (C=O) groups excluding carboxylic acids is 1. The van der Waals surface area contributed by atoms with Gasteiger partial charge in [-0.2, -0.15) is 5.10 Å². The molecule has 2 heterocycles. The van der Waals surface area contributed by atoms with E-state index in [1.807, 2.05) is 30.3 Å². The molecule has 0 radical (unpaired) electrons. The van der Waals surface area contributed by atoms with Crippen LogP contribution in [0.2, 0.25) is 0 Å². The fourth-order valence-corrected chi connectivity index (χ4v) is 2.44. The van der Waals surface area contributed by atoms with Crippen LogP contribution in [0.3, 0.4) is 0 Å². The van der Waals surface area contributed by atoms with Gasteiger partial charge in [0.15, 0.2) is 5.69 Å². The van der Waals surface area contributed by atoms with Crippen LogP contribution in [0, 0.1) is 0 Å². The van der Waals surface area contributed by atoms with E-state index < -0.39 is 5.60 Å². The molecule has 1 amide bonds. The van der Waals surface area contributed by atoms with Crippen LogP contribution in [-0.4, -0.2) is 44.4 Å². The second kappa shape index (κ2) is 4.76. The summed E-state index contributed by atoms with van der Waals surface area (Å²) >= 11 is 0. The molecule has 20 heavy (non-hydrogen) atoms. The summed E-state index contributed by atoms with van der Waals surface area (Å²) in [6, 6.07) is 11.4. The molecule has 0 saturated carbocycles. The number of benzene rings is 1. The number of aliphatic hydroxyl groups is 1. The van der Waals surface area contributed by atoms with E-state index in [9.17, 15) is 9.90 Å². The van der Waals surface area contributed by atoms with Crippen LogP contribution in [0.15, 0.2) is 42.6 Å². The molecule has 1 N–H and O–H groups in total. The molecule has 0 bridgehead atoms. The van der Waals surface area contributed by atoms with Crippen molar-refractivity contribution in [1.82, 2.24) is 14.7 Å². The summed E-state index contributed by atoms with van der Waals surface area (Å²) in [7, 11) is 0. The van der Waals surface area contributed by atoms with Gasteiger partial charge in [-0.15, -0.1) is 0 Å². The average Bonchev–Trinajstić information content (AvgIpc) is 3.05. The Morgan fingerprint density at radius 2 is 2.05 bits per heavy atom. The highest BCUT2D eigenvalue weighted by Gasteiger charge is 2.34. The molecule has 1 aromatic heterocycles. The Bertz CT molecular complexity index is 619. The van der Waals surface area contributed by atoms with E-state index in [1.165, 1.54) is 0 Å². The van der Waals surface area contributed by atoms with E-state index in [2.05, 4.69) is 5.10 Å². The minimum atomic E-state index is -0.780. The quantitative estimate of drug-likeness (QED) is 0.900. The van der Waals surface area contributed by atoms with Crippen LogP contribution in [0.25, 0.3) is 5.69 Å². The van der Waals surface area contributed by atoms with Crippen molar-refractivity contribution in [2.45, 2.75) is 18.9 Å². The highest BCUT2D eigenvalue weighted by atomic mass is 16.3. The number of likely N-dealkylation sites (tertiary alicyclic amines) is 1. The van der Waals surface area contributed by atoms with Crippen molar-refractivity contribution in [3.63, 3.8) is 0 Å². The maximum Gasteiger partial charge on any atom is 0.274 e. The molecule has 1 fully saturated rings. The summed E-state index contributed by atoms with van der Waals surface area (Å²) in [5, 5.41) is 14.2. The lowest BCUT2D eigenvalue weighted by Gasteiger charge is -2.17. The molecule has 1 atom stereocenters. The zero-order chi connectivity index (χ0) is 14.2. The van der Waals surface area contributed by atoms with Gasteiger partial charge in [0.05, 0.1) is 11.3 Å². The monoisotopic (exact) mass is 271 g/mol. The molecule has 1 saturated heterocycles. The van der Waals surface area contributed by atoms with Gasteiger partial charge >= 0.3 is 0 Å². The SMILES string of the molecule is CC1(O)CCN(C(=O)c2ccn(-c3ccccc3)n2)C1. The molecule has 1 unspecified atom stereocenters. The Morgan fingerprint density at radius 1 is 1.30 bits per heavy atom. The summed E-state index contributed by atoms with van der Waals surface area (Å²) in [5.74, 6) is -0.127. The first kappa shape index (κ1) is 12.9. The summed E-state index contributed by atoms with van der Waals surface area (Å²) in [6.45, 7) is 2.69. The largest absolute Gasteiger partial charge is 0.388 e. The number of nitrogens with zero attached hydrogens (tertiary/aromatic N) is 3. The number of aromatic nitrogens is 2. The third-order valence-electron chi connectivity index (χ3n) is 3.57. The fraction of sp³-hybridized carbons (Fsp3) is 0.333. The number of hydrogen-bond donors (Lipinski definition) is 1. The Hall–Kier alpha value is -2.14. The Morgan fingerprint density at radius 3 is 2.70 bits per heavy atom. The van der Waals surface area contributed by atoms with Crippen molar-refractivity contribution >= 4 is 5.91 Å². The lowest BCUT2D eigenvalue weighted by atomic mass is 10.1. The van der Waals surface area contributed by atoms with E-state index in [4.69, 9.17) is 0 Å². The van der Waals surface area contributed by atoms with E-state index in [-0.39, 0.29) is 5.91 Å². The van der Waals surface area contributed by atoms with Gasteiger partial charge in [0.2, 0.25) is 0 Å². The topological polar surface area (TPSA) is 58.4 Å². The van der Waals surface area contributed by atoms with Crippen LogP contribution < -0.4 is 0 Å². The molecule has 2 aromatic rings. The predicted molar refractivity (Wildman–Crippen MR) is 74.7 cm³/mol. The van der Waals surface area contributed by atoms with Crippen LogP contribution in [0.4, 0.5) is 0 Å². The van der Waals surface area contributed by atoms with E-state index >= 15 is 0 Å². The maximum absolute atomic E-state index is 12.3. The summed E-state index contributed by atoms with van der Waals surface area (Å²) in [4.78, 5) is 14.0. The Kier molecular flexibility index (Phi) is 3.06. The molecule has 5 heteroatoms. The van der Waals surface area contributed by atoms with Crippen LogP contribution in [0.1, 0.15) is 23.8 Å². The second-order valence-corrected chi connectivity index (χ2v) is 5.45. The Balaban J connectivity index is 1.79. The number of carbonyl (C=O) groups is 1. The smallest absolute Gasteiger partial charge is 0.274 e. The molecular formula is C15H17N3O2. The highest BCUT2D eigenvalue weighted by molar-refractivity contribution is 5.92. The van der Waals surface area contributed by atoms with Gasteiger partial charge in [0.25, 0.3) is 5.91 Å². The normalized spacial score (nSPS) is 22.2. The number of hydrogen-bond acceptors (Lipinski definition) is 3. The molecule has 5 nitrogen and oxygen atoms in total. The van der Waals surface area contributed by atoms with Crippen molar-refractivity contribution < 1.29 is 9.90 Å². The first-order valence-electron chi connectivity index (χ1n) is 6.68. The zero-order valence-electron chi connectivity index (χ0n) is 11.4. The number of rotatable bonds is 2. The maximum atomic E-state index is 12.3. The summed E-state index contributed by atoms with van der Waals surface area (Å²) in [5.41, 5.74) is 0.545. The third-order valence-corrected chi connectivity index (χ3v) is 3.57. The average molecular weight is 271 g/mol. The fourth-order valence-electron chi connectivity index (χ4n) is 2.44.